The van der Waals surface area contributed by atoms with Crippen molar-refractivity contribution in [2.45, 2.75) is 37.6 Å². The number of nitrogens with one attached hydrogen (secondary N) is 1. The lowest BCUT2D eigenvalue weighted by Gasteiger charge is -2.13. The monoisotopic (exact) mass is 386 g/mol. The number of aromatic nitrogens is 3. The summed E-state index contributed by atoms with van der Waals surface area (Å²) in [6.45, 7) is 5.93. The van der Waals surface area contributed by atoms with E-state index < -0.39 is 0 Å². The largest absolute Gasteiger partial charge is 0.325 e. The van der Waals surface area contributed by atoms with Crippen LogP contribution in [0.15, 0.2) is 40.9 Å². The highest BCUT2D eigenvalue weighted by Gasteiger charge is 2.19. The predicted molar refractivity (Wildman–Crippen MR) is 108 cm³/mol. The van der Waals surface area contributed by atoms with Crippen molar-refractivity contribution in [1.82, 2.24) is 14.8 Å². The number of carbonyl (C=O) groups excluding carboxylic acids is 1. The van der Waals surface area contributed by atoms with Gasteiger partial charge in [0, 0.05) is 24.0 Å². The van der Waals surface area contributed by atoms with Gasteiger partial charge in [-0.05, 0) is 43.8 Å². The number of nitrogens with zero attached hydrogens (tertiary/aromatic N) is 3. The minimum absolute atomic E-state index is 0.0373. The second-order valence-corrected chi connectivity index (χ2v) is 8.62. The van der Waals surface area contributed by atoms with Crippen LogP contribution in [0, 0.1) is 13.8 Å². The molecule has 3 aromatic rings. The number of benzene rings is 1. The van der Waals surface area contributed by atoms with Gasteiger partial charge in [-0.3, -0.25) is 4.79 Å². The number of thiophene rings is 1. The molecule has 5 nitrogen and oxygen atoms in total. The van der Waals surface area contributed by atoms with Crippen LogP contribution in [-0.4, -0.2) is 25.9 Å². The fourth-order valence-corrected chi connectivity index (χ4v) is 4.11. The molecule has 136 valence electrons. The zero-order chi connectivity index (χ0) is 18.7. The molecule has 0 aliphatic heterocycles. The van der Waals surface area contributed by atoms with Gasteiger partial charge in [-0.25, -0.2) is 0 Å². The van der Waals surface area contributed by atoms with Gasteiger partial charge in [0.05, 0.1) is 5.25 Å². The SMILES string of the molecule is Cc1ccc(NC(=O)[C@H](C)Sc2nnc(Cc3cccs3)n2C)c(C)c1. The van der Waals surface area contributed by atoms with Crippen molar-refractivity contribution in [3.63, 3.8) is 0 Å². The standard InChI is InChI=1S/C19H22N4OS2/c1-12-7-8-16(13(2)10-12)20-18(24)14(3)26-19-22-21-17(23(19)4)11-15-6-5-9-25-15/h5-10,14H,11H2,1-4H3,(H,20,24)/t14-/m0/s1. The zero-order valence-corrected chi connectivity index (χ0v) is 16.9. The van der Waals surface area contributed by atoms with Gasteiger partial charge in [-0.1, -0.05) is 35.5 Å². The number of rotatable bonds is 6. The highest BCUT2D eigenvalue weighted by atomic mass is 32.2. The summed E-state index contributed by atoms with van der Waals surface area (Å²) in [5.41, 5.74) is 3.09. The Hall–Kier alpha value is -2.12. The van der Waals surface area contributed by atoms with Crippen molar-refractivity contribution in [3.05, 3.63) is 57.5 Å². The van der Waals surface area contributed by atoms with E-state index in [-0.39, 0.29) is 11.2 Å². The summed E-state index contributed by atoms with van der Waals surface area (Å²) in [4.78, 5) is 13.8. The first kappa shape index (κ1) is 18.7. The molecule has 0 fully saturated rings. The quantitative estimate of drug-likeness (QED) is 0.645. The second-order valence-electron chi connectivity index (χ2n) is 6.28. The Morgan fingerprint density at radius 2 is 2.12 bits per heavy atom. The number of anilines is 1. The molecule has 1 aromatic carbocycles. The lowest BCUT2D eigenvalue weighted by molar-refractivity contribution is -0.115. The number of hydrogen-bond acceptors (Lipinski definition) is 5. The number of thioether (sulfide) groups is 1. The van der Waals surface area contributed by atoms with Crippen LogP contribution < -0.4 is 5.32 Å². The van der Waals surface area contributed by atoms with Gasteiger partial charge < -0.3 is 9.88 Å². The first-order chi connectivity index (χ1) is 12.4. The third-order valence-corrected chi connectivity index (χ3v) is 6.14. The average Bonchev–Trinajstić information content (AvgIpc) is 3.22. The Labute approximate surface area is 161 Å². The van der Waals surface area contributed by atoms with Gasteiger partial charge >= 0.3 is 0 Å². The summed E-state index contributed by atoms with van der Waals surface area (Å²) in [6.07, 6.45) is 0.755. The van der Waals surface area contributed by atoms with E-state index >= 15 is 0 Å². The van der Waals surface area contributed by atoms with E-state index in [0.29, 0.717) is 0 Å². The van der Waals surface area contributed by atoms with E-state index in [1.807, 2.05) is 50.6 Å². The summed E-state index contributed by atoms with van der Waals surface area (Å²) in [7, 11) is 1.94. The molecular formula is C19H22N4OS2. The number of aryl methyl sites for hydroxylation is 2. The van der Waals surface area contributed by atoms with Crippen molar-refractivity contribution in [2.75, 3.05) is 5.32 Å². The molecule has 2 heterocycles. The molecule has 0 spiro atoms. The number of amides is 1. The maximum Gasteiger partial charge on any atom is 0.237 e. The molecule has 0 aliphatic carbocycles. The molecule has 0 bridgehead atoms. The smallest absolute Gasteiger partial charge is 0.237 e. The Balaban J connectivity index is 1.64. The van der Waals surface area contributed by atoms with Crippen LogP contribution in [0.1, 0.15) is 28.8 Å². The van der Waals surface area contributed by atoms with E-state index in [2.05, 4.69) is 33.0 Å². The maximum absolute atomic E-state index is 12.5. The fourth-order valence-electron chi connectivity index (χ4n) is 2.57. The van der Waals surface area contributed by atoms with Crippen LogP contribution in [0.4, 0.5) is 5.69 Å². The van der Waals surface area contributed by atoms with Crippen LogP contribution in [0.25, 0.3) is 0 Å². The Morgan fingerprint density at radius 1 is 1.31 bits per heavy atom. The summed E-state index contributed by atoms with van der Waals surface area (Å²) in [6, 6.07) is 10.1. The molecule has 0 aliphatic rings. The van der Waals surface area contributed by atoms with Gasteiger partial charge in [-0.2, -0.15) is 0 Å². The minimum Gasteiger partial charge on any atom is -0.325 e. The van der Waals surface area contributed by atoms with Crippen LogP contribution in [0.5, 0.6) is 0 Å². The molecule has 7 heteroatoms. The van der Waals surface area contributed by atoms with Gasteiger partial charge in [0.1, 0.15) is 5.82 Å². The van der Waals surface area contributed by atoms with Crippen molar-refractivity contribution < 1.29 is 4.79 Å². The lowest BCUT2D eigenvalue weighted by atomic mass is 10.1. The minimum atomic E-state index is -0.270. The van der Waals surface area contributed by atoms with E-state index in [9.17, 15) is 4.79 Å². The molecular weight excluding hydrogens is 364 g/mol. The van der Waals surface area contributed by atoms with E-state index in [4.69, 9.17) is 0 Å². The van der Waals surface area contributed by atoms with E-state index in [0.717, 1.165) is 28.7 Å². The van der Waals surface area contributed by atoms with Crippen LogP contribution >= 0.6 is 23.1 Å². The van der Waals surface area contributed by atoms with Gasteiger partial charge in [0.25, 0.3) is 0 Å². The molecule has 2 aromatic heterocycles. The predicted octanol–water partition coefficient (Wildman–Crippen LogP) is 4.20. The van der Waals surface area contributed by atoms with Crippen molar-refractivity contribution in [3.8, 4) is 0 Å². The van der Waals surface area contributed by atoms with Gasteiger partial charge in [-0.15, -0.1) is 21.5 Å². The summed E-state index contributed by atoms with van der Waals surface area (Å²) in [5.74, 6) is 0.863. The molecule has 0 radical (unpaired) electrons. The summed E-state index contributed by atoms with van der Waals surface area (Å²) >= 11 is 3.13. The van der Waals surface area contributed by atoms with Crippen molar-refractivity contribution >= 4 is 34.7 Å². The lowest BCUT2D eigenvalue weighted by Crippen LogP contribution is -2.23. The van der Waals surface area contributed by atoms with Crippen molar-refractivity contribution in [1.29, 1.82) is 0 Å². The van der Waals surface area contributed by atoms with Crippen LogP contribution in [-0.2, 0) is 18.3 Å². The Bertz CT molecular complexity index is 902. The van der Waals surface area contributed by atoms with Crippen LogP contribution in [0.3, 0.4) is 0 Å². The molecule has 26 heavy (non-hydrogen) atoms. The average molecular weight is 387 g/mol. The Morgan fingerprint density at radius 3 is 2.81 bits per heavy atom. The molecule has 0 unspecified atom stereocenters. The molecule has 0 saturated carbocycles. The highest BCUT2D eigenvalue weighted by Crippen LogP contribution is 2.25. The number of hydrogen-bond donors (Lipinski definition) is 1. The van der Waals surface area contributed by atoms with Crippen molar-refractivity contribution in [2.24, 2.45) is 7.05 Å². The Kier molecular flexibility index (Phi) is 5.78. The molecule has 1 amide bonds. The first-order valence-corrected chi connectivity index (χ1v) is 10.2. The van der Waals surface area contributed by atoms with Gasteiger partial charge in [0.15, 0.2) is 5.16 Å². The first-order valence-electron chi connectivity index (χ1n) is 8.39. The highest BCUT2D eigenvalue weighted by molar-refractivity contribution is 8.00. The summed E-state index contributed by atoms with van der Waals surface area (Å²) < 4.78 is 1.96. The van der Waals surface area contributed by atoms with Gasteiger partial charge in [0.2, 0.25) is 5.91 Å². The second kappa shape index (κ2) is 8.05. The van der Waals surface area contributed by atoms with Crippen LogP contribution in [0.2, 0.25) is 0 Å². The summed E-state index contributed by atoms with van der Waals surface area (Å²) in [5, 5.41) is 14.1. The zero-order valence-electron chi connectivity index (χ0n) is 15.3. The molecule has 1 atom stereocenters. The topological polar surface area (TPSA) is 59.8 Å². The molecule has 1 N–H and O–H groups in total. The fraction of sp³-hybridized carbons (Fsp3) is 0.316. The normalized spacial score (nSPS) is 12.2. The van der Waals surface area contributed by atoms with E-state index in [1.165, 1.54) is 22.2 Å². The third kappa shape index (κ3) is 4.34. The van der Waals surface area contributed by atoms with E-state index in [1.54, 1.807) is 11.3 Å². The third-order valence-electron chi connectivity index (χ3n) is 4.13. The molecule has 3 rings (SSSR count). The number of carbonyl (C=O) groups is 1. The maximum atomic E-state index is 12.5. The molecule has 0 saturated heterocycles.